The number of nitrogens with zero attached hydrogens (tertiary/aromatic N) is 5. The Morgan fingerprint density at radius 3 is 2.86 bits per heavy atom. The number of ether oxygens (including phenoxy) is 1. The van der Waals surface area contributed by atoms with Crippen LogP contribution in [0.3, 0.4) is 0 Å². The van der Waals surface area contributed by atoms with Gasteiger partial charge >= 0.3 is 0 Å². The van der Waals surface area contributed by atoms with Crippen LogP contribution in [0, 0.1) is 0 Å². The molecule has 0 unspecified atom stereocenters. The molecule has 4 aromatic rings. The number of anilines is 1. The lowest BCUT2D eigenvalue weighted by Gasteiger charge is -2.06. The third-order valence-electron chi connectivity index (χ3n) is 4.35. The van der Waals surface area contributed by atoms with Gasteiger partial charge in [0.2, 0.25) is 0 Å². The smallest absolute Gasteiger partial charge is 0.265 e. The Kier molecular flexibility index (Phi) is 4.76. The van der Waals surface area contributed by atoms with E-state index in [1.807, 2.05) is 31.2 Å². The summed E-state index contributed by atoms with van der Waals surface area (Å²) in [6.45, 7) is 5.17. The standard InChI is InChI=1S/C20H20N6O2/c1-3-26-15-8-6-5-7-14(15)18-19(26)22-20(25-23-18)24-21-12-13-9-10-16(27)17(11-13)28-4-2/h5-12,27H,3-4H2,1-2H3,(H,22,24,25)/b21-12+. The van der Waals surface area contributed by atoms with Crippen molar-refractivity contribution in [3.8, 4) is 11.5 Å². The summed E-state index contributed by atoms with van der Waals surface area (Å²) < 4.78 is 7.47. The fourth-order valence-electron chi connectivity index (χ4n) is 3.12. The van der Waals surface area contributed by atoms with E-state index in [4.69, 9.17) is 4.74 Å². The quantitative estimate of drug-likeness (QED) is 0.394. The minimum absolute atomic E-state index is 0.0948. The summed E-state index contributed by atoms with van der Waals surface area (Å²) in [6, 6.07) is 13.1. The molecular formula is C20H20N6O2. The largest absolute Gasteiger partial charge is 0.504 e. The number of nitrogens with one attached hydrogen (secondary N) is 1. The molecular weight excluding hydrogens is 356 g/mol. The molecule has 0 saturated heterocycles. The van der Waals surface area contributed by atoms with Crippen molar-refractivity contribution in [3.05, 3.63) is 48.0 Å². The second-order valence-corrected chi connectivity index (χ2v) is 6.10. The molecule has 8 heteroatoms. The van der Waals surface area contributed by atoms with Crippen LogP contribution in [0.1, 0.15) is 19.4 Å². The second kappa shape index (κ2) is 7.51. The number of aromatic nitrogens is 4. The molecule has 0 aliphatic carbocycles. The Morgan fingerprint density at radius 1 is 1.18 bits per heavy atom. The maximum atomic E-state index is 9.76. The molecule has 4 rings (SSSR count). The molecule has 0 atom stereocenters. The SMILES string of the molecule is CCOc1cc(/C=N/Nc2nnc3c4ccccc4n(CC)c3n2)ccc1O. The second-order valence-electron chi connectivity index (χ2n) is 6.10. The summed E-state index contributed by atoms with van der Waals surface area (Å²) in [5.41, 5.74) is 6.20. The number of phenolic OH excluding ortho intramolecular Hbond substituents is 1. The molecule has 0 amide bonds. The Labute approximate surface area is 161 Å². The van der Waals surface area contributed by atoms with Crippen LogP contribution in [0.25, 0.3) is 22.1 Å². The van der Waals surface area contributed by atoms with Gasteiger partial charge in [-0.25, -0.2) is 5.43 Å². The Balaban J connectivity index is 1.61. The van der Waals surface area contributed by atoms with Gasteiger partial charge in [0.1, 0.15) is 5.52 Å². The monoisotopic (exact) mass is 376 g/mol. The average molecular weight is 376 g/mol. The minimum Gasteiger partial charge on any atom is -0.504 e. The summed E-state index contributed by atoms with van der Waals surface area (Å²) in [5.74, 6) is 0.820. The number of aromatic hydroxyl groups is 1. The van der Waals surface area contributed by atoms with Crippen LogP contribution in [-0.2, 0) is 6.54 Å². The highest BCUT2D eigenvalue weighted by Gasteiger charge is 2.13. The molecule has 28 heavy (non-hydrogen) atoms. The van der Waals surface area contributed by atoms with Crippen molar-refractivity contribution in [1.29, 1.82) is 0 Å². The molecule has 142 valence electrons. The van der Waals surface area contributed by atoms with Crippen molar-refractivity contribution >= 4 is 34.2 Å². The van der Waals surface area contributed by atoms with Crippen LogP contribution in [0.5, 0.6) is 11.5 Å². The van der Waals surface area contributed by atoms with Crippen molar-refractivity contribution in [2.45, 2.75) is 20.4 Å². The van der Waals surface area contributed by atoms with E-state index >= 15 is 0 Å². The number of hydrazone groups is 1. The molecule has 0 aliphatic heterocycles. The molecule has 0 saturated carbocycles. The van der Waals surface area contributed by atoms with Gasteiger partial charge in [0.25, 0.3) is 5.95 Å². The van der Waals surface area contributed by atoms with Crippen molar-refractivity contribution in [2.24, 2.45) is 5.10 Å². The van der Waals surface area contributed by atoms with E-state index in [1.54, 1.807) is 24.4 Å². The normalized spacial score (nSPS) is 11.5. The van der Waals surface area contributed by atoms with Crippen LogP contribution in [-0.4, -0.2) is 37.7 Å². The lowest BCUT2D eigenvalue weighted by Crippen LogP contribution is -2.02. The number of para-hydroxylation sites is 1. The Morgan fingerprint density at radius 2 is 2.04 bits per heavy atom. The molecule has 2 heterocycles. The fourth-order valence-corrected chi connectivity index (χ4v) is 3.12. The van der Waals surface area contributed by atoms with Gasteiger partial charge in [0.15, 0.2) is 17.1 Å². The van der Waals surface area contributed by atoms with Gasteiger partial charge in [0.05, 0.1) is 18.3 Å². The van der Waals surface area contributed by atoms with Crippen LogP contribution < -0.4 is 10.2 Å². The maximum Gasteiger partial charge on any atom is 0.265 e. The van der Waals surface area contributed by atoms with E-state index in [9.17, 15) is 5.11 Å². The van der Waals surface area contributed by atoms with Crippen molar-refractivity contribution in [3.63, 3.8) is 0 Å². The highest BCUT2D eigenvalue weighted by molar-refractivity contribution is 6.04. The van der Waals surface area contributed by atoms with E-state index < -0.39 is 0 Å². The number of aryl methyl sites for hydroxylation is 1. The van der Waals surface area contributed by atoms with E-state index in [2.05, 4.69) is 37.2 Å². The molecule has 2 N–H and O–H groups in total. The summed E-state index contributed by atoms with van der Waals surface area (Å²) in [5, 5.41) is 23.4. The van der Waals surface area contributed by atoms with Crippen molar-refractivity contribution in [1.82, 2.24) is 19.7 Å². The highest BCUT2D eigenvalue weighted by Crippen LogP contribution is 2.27. The average Bonchev–Trinajstić information content (AvgIpc) is 3.03. The highest BCUT2D eigenvalue weighted by atomic mass is 16.5. The van der Waals surface area contributed by atoms with Crippen LogP contribution in [0.2, 0.25) is 0 Å². The maximum absolute atomic E-state index is 9.76. The van der Waals surface area contributed by atoms with E-state index in [0.29, 0.717) is 18.3 Å². The summed E-state index contributed by atoms with van der Waals surface area (Å²) >= 11 is 0. The van der Waals surface area contributed by atoms with Gasteiger partial charge in [-0.15, -0.1) is 10.2 Å². The van der Waals surface area contributed by atoms with Crippen molar-refractivity contribution in [2.75, 3.05) is 12.0 Å². The third kappa shape index (κ3) is 3.20. The number of hydrogen-bond donors (Lipinski definition) is 2. The van der Waals surface area contributed by atoms with E-state index in [0.717, 1.165) is 34.2 Å². The molecule has 2 aromatic heterocycles. The molecule has 0 fully saturated rings. The van der Waals surface area contributed by atoms with Gasteiger partial charge in [-0.2, -0.15) is 10.1 Å². The first-order chi connectivity index (χ1) is 13.7. The Hall–Kier alpha value is -3.68. The van der Waals surface area contributed by atoms with Gasteiger partial charge in [-0.1, -0.05) is 18.2 Å². The first-order valence-corrected chi connectivity index (χ1v) is 9.07. The zero-order valence-electron chi connectivity index (χ0n) is 15.6. The minimum atomic E-state index is 0.0948. The van der Waals surface area contributed by atoms with Crippen LogP contribution in [0.4, 0.5) is 5.95 Å². The first kappa shape index (κ1) is 17.7. The van der Waals surface area contributed by atoms with Crippen molar-refractivity contribution < 1.29 is 9.84 Å². The number of phenols is 1. The summed E-state index contributed by atoms with van der Waals surface area (Å²) in [4.78, 5) is 4.58. The molecule has 2 aromatic carbocycles. The molecule has 0 bridgehead atoms. The predicted molar refractivity (Wildman–Crippen MR) is 109 cm³/mol. The lowest BCUT2D eigenvalue weighted by atomic mass is 10.2. The molecule has 0 radical (unpaired) electrons. The topological polar surface area (TPSA) is 97.5 Å². The zero-order chi connectivity index (χ0) is 19.5. The van der Waals surface area contributed by atoms with Crippen LogP contribution in [0.15, 0.2) is 47.6 Å². The summed E-state index contributed by atoms with van der Waals surface area (Å²) in [6.07, 6.45) is 1.60. The van der Waals surface area contributed by atoms with E-state index in [1.165, 1.54) is 0 Å². The van der Waals surface area contributed by atoms with Gasteiger partial charge < -0.3 is 14.4 Å². The van der Waals surface area contributed by atoms with Gasteiger partial charge in [0, 0.05) is 11.9 Å². The number of fused-ring (bicyclic) bond motifs is 3. The fraction of sp³-hybridized carbons (Fsp3) is 0.200. The Bertz CT molecular complexity index is 1170. The summed E-state index contributed by atoms with van der Waals surface area (Å²) in [7, 11) is 0. The number of hydrogen-bond acceptors (Lipinski definition) is 7. The first-order valence-electron chi connectivity index (χ1n) is 9.07. The van der Waals surface area contributed by atoms with E-state index in [-0.39, 0.29) is 5.75 Å². The third-order valence-corrected chi connectivity index (χ3v) is 4.35. The number of benzene rings is 2. The number of rotatable bonds is 6. The van der Waals surface area contributed by atoms with Crippen LogP contribution >= 0.6 is 0 Å². The molecule has 8 nitrogen and oxygen atoms in total. The predicted octanol–water partition coefficient (Wildman–Crippen LogP) is 3.55. The zero-order valence-corrected chi connectivity index (χ0v) is 15.6. The molecule has 0 spiro atoms. The molecule has 0 aliphatic rings. The van der Waals surface area contributed by atoms with Gasteiger partial charge in [-0.05, 0) is 43.7 Å². The van der Waals surface area contributed by atoms with Gasteiger partial charge in [-0.3, -0.25) is 0 Å². The lowest BCUT2D eigenvalue weighted by molar-refractivity contribution is 0.318.